The number of amides is 1. The molecule has 92 valence electrons. The molecule has 0 aliphatic rings. The lowest BCUT2D eigenvalue weighted by Crippen LogP contribution is -2.22. The third kappa shape index (κ3) is 3.25. The fraction of sp³-hybridized carbons (Fsp3) is 0.200. The van der Waals surface area contributed by atoms with Gasteiger partial charge in [0.1, 0.15) is 0 Å². The summed E-state index contributed by atoms with van der Waals surface area (Å²) in [6.07, 6.45) is -0.709. The highest BCUT2D eigenvalue weighted by atomic mass is 35.5. The monoisotopic (exact) mass is 277 g/mol. The van der Waals surface area contributed by atoms with Crippen molar-refractivity contribution in [3.8, 4) is 5.75 Å². The third-order valence-electron chi connectivity index (χ3n) is 1.82. The molecule has 1 amide bonds. The van der Waals surface area contributed by atoms with Crippen molar-refractivity contribution < 1.29 is 19.1 Å². The first-order chi connectivity index (χ1) is 7.99. The number of benzene rings is 1. The first-order valence-electron chi connectivity index (χ1n) is 4.46. The van der Waals surface area contributed by atoms with E-state index < -0.39 is 12.1 Å². The standard InChI is InChI=1S/C10H9Cl2NO4/c1-13-10(15)17-8-6(11)3-5(4-7(8)12)9(14)16-2/h3-4H,1-2H3,(H,13,15). The van der Waals surface area contributed by atoms with E-state index in [0.29, 0.717) is 0 Å². The van der Waals surface area contributed by atoms with E-state index in [1.165, 1.54) is 26.3 Å². The van der Waals surface area contributed by atoms with Gasteiger partial charge in [-0.2, -0.15) is 0 Å². The van der Waals surface area contributed by atoms with Crippen molar-refractivity contribution in [3.63, 3.8) is 0 Å². The summed E-state index contributed by atoms with van der Waals surface area (Å²) in [7, 11) is 2.63. The van der Waals surface area contributed by atoms with Crippen molar-refractivity contribution in [1.29, 1.82) is 0 Å². The van der Waals surface area contributed by atoms with E-state index in [0.717, 1.165) is 0 Å². The zero-order valence-electron chi connectivity index (χ0n) is 9.04. The summed E-state index contributed by atoms with van der Waals surface area (Å²) in [5.41, 5.74) is 0.173. The van der Waals surface area contributed by atoms with Crippen LogP contribution in [0, 0.1) is 0 Å². The van der Waals surface area contributed by atoms with E-state index in [2.05, 4.69) is 10.1 Å². The van der Waals surface area contributed by atoms with Crippen molar-refractivity contribution in [1.82, 2.24) is 5.32 Å². The van der Waals surface area contributed by atoms with Crippen LogP contribution in [0.15, 0.2) is 12.1 Å². The summed E-state index contributed by atoms with van der Waals surface area (Å²) < 4.78 is 9.34. The summed E-state index contributed by atoms with van der Waals surface area (Å²) >= 11 is 11.7. The maximum atomic E-state index is 11.2. The molecule has 0 saturated carbocycles. The Morgan fingerprint density at radius 1 is 1.24 bits per heavy atom. The number of hydrogen-bond donors (Lipinski definition) is 1. The van der Waals surface area contributed by atoms with E-state index in [4.69, 9.17) is 27.9 Å². The van der Waals surface area contributed by atoms with Crippen molar-refractivity contribution in [2.45, 2.75) is 0 Å². The highest BCUT2D eigenvalue weighted by Gasteiger charge is 2.16. The highest BCUT2D eigenvalue weighted by molar-refractivity contribution is 6.37. The molecule has 0 unspecified atom stereocenters. The van der Waals surface area contributed by atoms with Crippen LogP contribution in [0.3, 0.4) is 0 Å². The minimum atomic E-state index is -0.709. The van der Waals surface area contributed by atoms with Gasteiger partial charge in [-0.05, 0) is 12.1 Å². The smallest absolute Gasteiger partial charge is 0.412 e. The molecule has 5 nitrogen and oxygen atoms in total. The maximum absolute atomic E-state index is 11.2. The number of carbonyl (C=O) groups excluding carboxylic acids is 2. The second-order valence-corrected chi connectivity index (χ2v) is 3.71. The second-order valence-electron chi connectivity index (χ2n) is 2.90. The molecule has 0 saturated heterocycles. The molecule has 0 radical (unpaired) electrons. The molecule has 0 heterocycles. The van der Waals surface area contributed by atoms with Crippen molar-refractivity contribution in [3.05, 3.63) is 27.7 Å². The molecule has 1 aromatic rings. The van der Waals surface area contributed by atoms with Gasteiger partial charge in [-0.1, -0.05) is 23.2 Å². The van der Waals surface area contributed by atoms with Crippen LogP contribution < -0.4 is 10.1 Å². The summed E-state index contributed by atoms with van der Waals surface area (Å²) in [4.78, 5) is 22.3. The van der Waals surface area contributed by atoms with Gasteiger partial charge >= 0.3 is 12.1 Å². The Labute approximate surface area is 108 Å². The van der Waals surface area contributed by atoms with Gasteiger partial charge in [0, 0.05) is 7.05 Å². The number of nitrogens with one attached hydrogen (secondary N) is 1. The number of rotatable bonds is 2. The molecule has 0 bridgehead atoms. The van der Waals surface area contributed by atoms with Gasteiger partial charge in [0.25, 0.3) is 0 Å². The van der Waals surface area contributed by atoms with Gasteiger partial charge in [0.15, 0.2) is 5.75 Å². The second kappa shape index (κ2) is 5.75. The Morgan fingerprint density at radius 2 is 1.76 bits per heavy atom. The van der Waals surface area contributed by atoms with Gasteiger partial charge < -0.3 is 14.8 Å². The van der Waals surface area contributed by atoms with E-state index in [1.807, 2.05) is 0 Å². The van der Waals surface area contributed by atoms with Crippen LogP contribution in [0.4, 0.5) is 4.79 Å². The van der Waals surface area contributed by atoms with Crippen molar-refractivity contribution in [2.75, 3.05) is 14.2 Å². The Balaban J connectivity index is 3.10. The fourth-order valence-corrected chi connectivity index (χ4v) is 1.60. The Hall–Kier alpha value is -1.46. The van der Waals surface area contributed by atoms with E-state index in [1.54, 1.807) is 0 Å². The summed E-state index contributed by atoms with van der Waals surface area (Å²) in [6.45, 7) is 0. The predicted molar refractivity (Wildman–Crippen MR) is 62.9 cm³/mol. The molecular formula is C10H9Cl2NO4. The zero-order valence-corrected chi connectivity index (χ0v) is 10.6. The fourth-order valence-electron chi connectivity index (χ4n) is 1.04. The number of halogens is 2. The number of esters is 1. The molecule has 17 heavy (non-hydrogen) atoms. The van der Waals surface area contributed by atoms with E-state index in [-0.39, 0.29) is 21.4 Å². The largest absolute Gasteiger partial charge is 0.465 e. The zero-order chi connectivity index (χ0) is 13.0. The van der Waals surface area contributed by atoms with Gasteiger partial charge in [-0.15, -0.1) is 0 Å². The molecule has 0 aliphatic heterocycles. The lowest BCUT2D eigenvalue weighted by Gasteiger charge is -2.09. The van der Waals surface area contributed by atoms with Crippen molar-refractivity contribution in [2.24, 2.45) is 0 Å². The number of hydrogen-bond acceptors (Lipinski definition) is 4. The highest BCUT2D eigenvalue weighted by Crippen LogP contribution is 2.34. The van der Waals surface area contributed by atoms with Gasteiger partial charge in [-0.25, -0.2) is 9.59 Å². The molecule has 0 aliphatic carbocycles. The van der Waals surface area contributed by atoms with Gasteiger partial charge in [0.2, 0.25) is 0 Å². The van der Waals surface area contributed by atoms with Crippen LogP contribution in [0.2, 0.25) is 10.0 Å². The summed E-state index contributed by atoms with van der Waals surface area (Å²) in [5.74, 6) is -0.597. The Kier molecular flexibility index (Phi) is 4.60. The molecule has 0 aromatic heterocycles. The van der Waals surface area contributed by atoms with Crippen LogP contribution in [-0.4, -0.2) is 26.2 Å². The molecule has 1 N–H and O–H groups in total. The van der Waals surface area contributed by atoms with Crippen LogP contribution in [0.1, 0.15) is 10.4 Å². The first kappa shape index (κ1) is 13.6. The van der Waals surface area contributed by atoms with E-state index in [9.17, 15) is 9.59 Å². The molecule has 0 spiro atoms. The first-order valence-corrected chi connectivity index (χ1v) is 5.22. The maximum Gasteiger partial charge on any atom is 0.412 e. The SMILES string of the molecule is CNC(=O)Oc1c(Cl)cc(C(=O)OC)cc1Cl. The molecule has 1 rings (SSSR count). The van der Waals surface area contributed by atoms with Gasteiger partial charge in [0.05, 0.1) is 22.7 Å². The molecule has 0 fully saturated rings. The molecule has 7 heteroatoms. The van der Waals surface area contributed by atoms with Crippen LogP contribution in [0.5, 0.6) is 5.75 Å². The van der Waals surface area contributed by atoms with Gasteiger partial charge in [-0.3, -0.25) is 0 Å². The quantitative estimate of drug-likeness (QED) is 0.844. The average Bonchev–Trinajstić information content (AvgIpc) is 2.32. The summed E-state index contributed by atoms with van der Waals surface area (Å²) in [6, 6.07) is 2.61. The topological polar surface area (TPSA) is 64.6 Å². The molecule has 1 aromatic carbocycles. The molecule has 0 atom stereocenters. The Bertz CT molecular complexity index is 439. The number of ether oxygens (including phenoxy) is 2. The van der Waals surface area contributed by atoms with Crippen LogP contribution in [-0.2, 0) is 4.74 Å². The molecular weight excluding hydrogens is 269 g/mol. The Morgan fingerprint density at radius 3 is 2.18 bits per heavy atom. The predicted octanol–water partition coefficient (Wildman–Crippen LogP) is 2.50. The summed E-state index contributed by atoms with van der Waals surface area (Å²) in [5, 5.41) is 2.33. The minimum absolute atomic E-state index is 0.0136. The normalized spacial score (nSPS) is 9.65. The van der Waals surface area contributed by atoms with E-state index >= 15 is 0 Å². The van der Waals surface area contributed by atoms with Crippen LogP contribution in [0.25, 0.3) is 0 Å². The number of carbonyl (C=O) groups is 2. The third-order valence-corrected chi connectivity index (χ3v) is 2.38. The average molecular weight is 278 g/mol. The number of methoxy groups -OCH3 is 1. The minimum Gasteiger partial charge on any atom is -0.465 e. The lowest BCUT2D eigenvalue weighted by molar-refractivity contribution is 0.0600. The lowest BCUT2D eigenvalue weighted by atomic mass is 10.2. The van der Waals surface area contributed by atoms with Crippen molar-refractivity contribution >= 4 is 35.3 Å². The van der Waals surface area contributed by atoms with Crippen LogP contribution >= 0.6 is 23.2 Å².